The third-order valence-corrected chi connectivity index (χ3v) is 4.33. The van der Waals surface area contributed by atoms with Crippen molar-refractivity contribution in [1.82, 2.24) is 4.90 Å². The van der Waals surface area contributed by atoms with E-state index < -0.39 is 0 Å². The zero-order chi connectivity index (χ0) is 16.2. The zero-order valence-corrected chi connectivity index (χ0v) is 14.9. The minimum Gasteiger partial charge on any atom is -0.488 e. The third kappa shape index (κ3) is 5.13. The maximum absolute atomic E-state index is 6.13. The molecule has 1 saturated heterocycles. The molecule has 2 N–H and O–H groups in total. The van der Waals surface area contributed by atoms with Gasteiger partial charge in [0.15, 0.2) is 5.96 Å². The molecule has 1 aromatic rings. The molecule has 5 heteroatoms. The first-order valence-corrected chi connectivity index (χ1v) is 8.92. The Balaban J connectivity index is 2.11. The van der Waals surface area contributed by atoms with Crippen LogP contribution in [-0.2, 0) is 6.54 Å². The largest absolute Gasteiger partial charge is 0.488 e. The number of hydrogen-bond donors (Lipinski definition) is 1. The van der Waals surface area contributed by atoms with Crippen LogP contribution in [0.1, 0.15) is 31.9 Å². The summed E-state index contributed by atoms with van der Waals surface area (Å²) < 4.78 is 6.06. The second kappa shape index (κ2) is 7.27. The molecule has 1 heterocycles. The predicted octanol–water partition coefficient (Wildman–Crippen LogP) is 3.04. The highest BCUT2D eigenvalue weighted by Gasteiger charge is 2.16. The number of nitrogens with zero attached hydrogens (tertiary/aromatic N) is 2. The Morgan fingerprint density at radius 3 is 2.64 bits per heavy atom. The van der Waals surface area contributed by atoms with Crippen molar-refractivity contribution in [3.8, 4) is 5.75 Å². The molecule has 0 aromatic heterocycles. The average molecular weight is 321 g/mol. The van der Waals surface area contributed by atoms with Crippen molar-refractivity contribution in [3.05, 3.63) is 29.3 Å². The molecule has 0 bridgehead atoms. The molecule has 0 saturated carbocycles. The number of aryl methyl sites for hydroxylation is 1. The van der Waals surface area contributed by atoms with E-state index in [-0.39, 0.29) is 5.60 Å². The van der Waals surface area contributed by atoms with Crippen molar-refractivity contribution in [2.45, 2.75) is 39.8 Å². The number of nitrogens with two attached hydrogens (primary N) is 1. The molecule has 0 unspecified atom stereocenters. The molecule has 1 aromatic carbocycles. The van der Waals surface area contributed by atoms with Gasteiger partial charge in [-0.3, -0.25) is 0 Å². The summed E-state index contributed by atoms with van der Waals surface area (Å²) in [7, 11) is 0. The van der Waals surface area contributed by atoms with E-state index in [2.05, 4.69) is 55.8 Å². The molecule has 0 radical (unpaired) electrons. The minimum atomic E-state index is -0.220. The van der Waals surface area contributed by atoms with E-state index in [0.717, 1.165) is 35.9 Å². The van der Waals surface area contributed by atoms with Gasteiger partial charge < -0.3 is 15.4 Å². The monoisotopic (exact) mass is 321 g/mol. The van der Waals surface area contributed by atoms with E-state index >= 15 is 0 Å². The Morgan fingerprint density at radius 1 is 1.32 bits per heavy atom. The van der Waals surface area contributed by atoms with Gasteiger partial charge in [0.25, 0.3) is 0 Å². The number of thioether (sulfide) groups is 1. The molecular formula is C17H27N3OS. The van der Waals surface area contributed by atoms with Gasteiger partial charge in [-0.15, -0.1) is 0 Å². The third-order valence-electron chi connectivity index (χ3n) is 3.39. The SMILES string of the molecule is Cc1ccc(CN=C(N)N2CCSCC2)c(OC(C)(C)C)c1. The van der Waals surface area contributed by atoms with Gasteiger partial charge in [-0.25, -0.2) is 4.99 Å². The van der Waals surface area contributed by atoms with Gasteiger partial charge in [0, 0.05) is 30.2 Å². The van der Waals surface area contributed by atoms with Gasteiger partial charge in [0.05, 0.1) is 6.54 Å². The average Bonchev–Trinajstić information content (AvgIpc) is 2.45. The lowest BCUT2D eigenvalue weighted by Crippen LogP contribution is -2.42. The highest BCUT2D eigenvalue weighted by atomic mass is 32.2. The maximum Gasteiger partial charge on any atom is 0.191 e. The lowest BCUT2D eigenvalue weighted by Gasteiger charge is -2.27. The zero-order valence-electron chi connectivity index (χ0n) is 14.1. The number of benzene rings is 1. The van der Waals surface area contributed by atoms with Crippen molar-refractivity contribution >= 4 is 17.7 Å². The highest BCUT2D eigenvalue weighted by Crippen LogP contribution is 2.25. The summed E-state index contributed by atoms with van der Waals surface area (Å²) in [4.78, 5) is 6.73. The molecule has 1 aliphatic heterocycles. The molecule has 0 atom stereocenters. The fraction of sp³-hybridized carbons (Fsp3) is 0.588. The lowest BCUT2D eigenvalue weighted by molar-refractivity contribution is 0.129. The number of hydrogen-bond acceptors (Lipinski definition) is 3. The summed E-state index contributed by atoms with van der Waals surface area (Å²) in [6, 6.07) is 6.25. The Hall–Kier alpha value is -1.36. The van der Waals surface area contributed by atoms with Crippen molar-refractivity contribution in [2.75, 3.05) is 24.6 Å². The Kier molecular flexibility index (Phi) is 5.62. The summed E-state index contributed by atoms with van der Waals surface area (Å²) in [6.07, 6.45) is 0. The van der Waals surface area contributed by atoms with E-state index in [1.165, 1.54) is 5.56 Å². The second-order valence-corrected chi connectivity index (χ2v) is 7.82. The molecule has 0 amide bonds. The molecule has 0 aliphatic carbocycles. The molecule has 122 valence electrons. The summed E-state index contributed by atoms with van der Waals surface area (Å²) in [5.74, 6) is 3.79. The molecule has 0 spiro atoms. The molecule has 1 aliphatic rings. The molecule has 2 rings (SSSR count). The first-order chi connectivity index (χ1) is 10.3. The van der Waals surface area contributed by atoms with Crippen molar-refractivity contribution in [3.63, 3.8) is 0 Å². The van der Waals surface area contributed by atoms with Crippen LogP contribution in [0.2, 0.25) is 0 Å². The molecule has 1 fully saturated rings. The lowest BCUT2D eigenvalue weighted by atomic mass is 10.1. The van der Waals surface area contributed by atoms with Gasteiger partial charge in [0.1, 0.15) is 11.4 Å². The number of guanidine groups is 1. The van der Waals surface area contributed by atoms with Crippen LogP contribution in [-0.4, -0.2) is 41.1 Å². The Labute approximate surface area is 138 Å². The molecule has 22 heavy (non-hydrogen) atoms. The second-order valence-electron chi connectivity index (χ2n) is 6.60. The van der Waals surface area contributed by atoms with E-state index in [0.29, 0.717) is 12.5 Å². The number of rotatable bonds is 3. The van der Waals surface area contributed by atoms with Crippen LogP contribution in [0.3, 0.4) is 0 Å². The summed E-state index contributed by atoms with van der Waals surface area (Å²) in [5.41, 5.74) is 8.18. The number of ether oxygens (including phenoxy) is 1. The fourth-order valence-corrected chi connectivity index (χ4v) is 3.18. The summed E-state index contributed by atoms with van der Waals surface area (Å²) in [6.45, 7) is 10.8. The highest BCUT2D eigenvalue weighted by molar-refractivity contribution is 7.99. The van der Waals surface area contributed by atoms with Gasteiger partial charge in [-0.05, 0) is 39.3 Å². The number of aliphatic imine (C=N–C) groups is 1. The van der Waals surface area contributed by atoms with Crippen LogP contribution in [0.4, 0.5) is 0 Å². The summed E-state index contributed by atoms with van der Waals surface area (Å²) >= 11 is 1.97. The van der Waals surface area contributed by atoms with Crippen molar-refractivity contribution in [2.24, 2.45) is 10.7 Å². The van der Waals surface area contributed by atoms with Gasteiger partial charge in [-0.1, -0.05) is 12.1 Å². The maximum atomic E-state index is 6.13. The quantitative estimate of drug-likeness (QED) is 0.687. The normalized spacial score (nSPS) is 16.7. The predicted molar refractivity (Wildman–Crippen MR) is 95.8 cm³/mol. The van der Waals surface area contributed by atoms with Crippen LogP contribution in [0, 0.1) is 6.92 Å². The van der Waals surface area contributed by atoms with E-state index in [1.54, 1.807) is 0 Å². The van der Waals surface area contributed by atoms with Crippen LogP contribution >= 0.6 is 11.8 Å². The van der Waals surface area contributed by atoms with E-state index in [9.17, 15) is 0 Å². The molecular weight excluding hydrogens is 294 g/mol. The Bertz CT molecular complexity index is 531. The first-order valence-electron chi connectivity index (χ1n) is 7.76. The van der Waals surface area contributed by atoms with Crippen molar-refractivity contribution in [1.29, 1.82) is 0 Å². The van der Waals surface area contributed by atoms with Crippen molar-refractivity contribution < 1.29 is 4.74 Å². The smallest absolute Gasteiger partial charge is 0.191 e. The van der Waals surface area contributed by atoms with Crippen LogP contribution in [0.25, 0.3) is 0 Å². The minimum absolute atomic E-state index is 0.220. The Morgan fingerprint density at radius 2 is 2.00 bits per heavy atom. The molecule has 4 nitrogen and oxygen atoms in total. The standard InChI is InChI=1S/C17H27N3OS/c1-13-5-6-14(15(11-13)21-17(2,3)4)12-19-16(18)20-7-9-22-10-8-20/h5-6,11H,7-10,12H2,1-4H3,(H2,18,19). The van der Waals surface area contributed by atoms with Crippen LogP contribution in [0.15, 0.2) is 23.2 Å². The first kappa shape index (κ1) is 17.0. The van der Waals surface area contributed by atoms with E-state index in [1.807, 2.05) is 11.8 Å². The van der Waals surface area contributed by atoms with Crippen LogP contribution in [0.5, 0.6) is 5.75 Å². The van der Waals surface area contributed by atoms with Crippen LogP contribution < -0.4 is 10.5 Å². The van der Waals surface area contributed by atoms with E-state index in [4.69, 9.17) is 10.5 Å². The summed E-state index contributed by atoms with van der Waals surface area (Å²) in [5, 5.41) is 0. The van der Waals surface area contributed by atoms with Gasteiger partial charge >= 0.3 is 0 Å². The van der Waals surface area contributed by atoms with Gasteiger partial charge in [0.2, 0.25) is 0 Å². The topological polar surface area (TPSA) is 50.8 Å². The van der Waals surface area contributed by atoms with Gasteiger partial charge in [-0.2, -0.15) is 11.8 Å². The fourth-order valence-electron chi connectivity index (χ4n) is 2.28.